The van der Waals surface area contributed by atoms with E-state index in [0.29, 0.717) is 6.04 Å². The first-order chi connectivity index (χ1) is 8.12. The molecule has 1 atom stereocenters. The summed E-state index contributed by atoms with van der Waals surface area (Å²) in [6, 6.07) is 0.582. The summed E-state index contributed by atoms with van der Waals surface area (Å²) >= 11 is 0. The number of ether oxygens (including phenoxy) is 1. The average Bonchev–Trinajstić information content (AvgIpc) is 2.30. The zero-order valence-corrected chi connectivity index (χ0v) is 11.5. The fourth-order valence-electron chi connectivity index (χ4n) is 3.49. The van der Waals surface area contributed by atoms with Crippen LogP contribution in [0.15, 0.2) is 0 Å². The van der Waals surface area contributed by atoms with Gasteiger partial charge in [0.15, 0.2) is 0 Å². The van der Waals surface area contributed by atoms with Crippen LogP contribution in [0.4, 0.5) is 0 Å². The highest BCUT2D eigenvalue weighted by atomic mass is 16.5. The highest BCUT2D eigenvalue weighted by Crippen LogP contribution is 2.30. The third-order valence-electron chi connectivity index (χ3n) is 4.36. The summed E-state index contributed by atoms with van der Waals surface area (Å²) in [4.78, 5) is 2.58. The lowest BCUT2D eigenvalue weighted by Gasteiger charge is -2.45. The van der Waals surface area contributed by atoms with Gasteiger partial charge >= 0.3 is 0 Å². The molecular formula is C14H28N2O. The van der Waals surface area contributed by atoms with E-state index in [0.717, 1.165) is 32.2 Å². The van der Waals surface area contributed by atoms with Crippen LogP contribution in [0.5, 0.6) is 0 Å². The molecule has 2 aliphatic rings. The molecule has 17 heavy (non-hydrogen) atoms. The van der Waals surface area contributed by atoms with Gasteiger partial charge in [0.1, 0.15) is 0 Å². The Hall–Kier alpha value is -0.120. The summed E-state index contributed by atoms with van der Waals surface area (Å²) in [6.07, 6.45) is 6.96. The molecule has 1 aliphatic heterocycles. The van der Waals surface area contributed by atoms with Gasteiger partial charge in [-0.05, 0) is 32.6 Å². The van der Waals surface area contributed by atoms with Crippen molar-refractivity contribution in [3.63, 3.8) is 0 Å². The molecule has 0 aromatic rings. The molecule has 0 aromatic heterocycles. The molecule has 1 aliphatic carbocycles. The van der Waals surface area contributed by atoms with Gasteiger partial charge in [0.05, 0.1) is 12.2 Å². The van der Waals surface area contributed by atoms with Gasteiger partial charge in [0.25, 0.3) is 0 Å². The number of nitrogens with zero attached hydrogens (tertiary/aromatic N) is 1. The van der Waals surface area contributed by atoms with E-state index in [4.69, 9.17) is 10.5 Å². The predicted octanol–water partition coefficient (Wildman–Crippen LogP) is 2.00. The second-order valence-corrected chi connectivity index (χ2v) is 6.28. The summed E-state index contributed by atoms with van der Waals surface area (Å²) < 4.78 is 5.80. The van der Waals surface area contributed by atoms with Crippen LogP contribution in [0, 0.1) is 5.92 Å². The Balaban J connectivity index is 1.96. The Morgan fingerprint density at radius 3 is 2.59 bits per heavy atom. The molecule has 2 fully saturated rings. The Bertz CT molecular complexity index is 236. The van der Waals surface area contributed by atoms with E-state index in [1.165, 1.54) is 32.1 Å². The van der Waals surface area contributed by atoms with Crippen molar-refractivity contribution in [2.24, 2.45) is 11.7 Å². The lowest BCUT2D eigenvalue weighted by molar-refractivity contribution is -0.103. The molecule has 1 heterocycles. The standard InChI is InChI=1S/C14H28N2O/c1-14(2)11-16(8-9-17-14)13(10-15)12-6-4-3-5-7-12/h12-13H,3-11,15H2,1-2H3. The topological polar surface area (TPSA) is 38.5 Å². The van der Waals surface area contributed by atoms with Crippen molar-refractivity contribution in [3.8, 4) is 0 Å². The fourth-order valence-corrected chi connectivity index (χ4v) is 3.49. The molecule has 0 spiro atoms. The number of morpholine rings is 1. The number of rotatable bonds is 3. The van der Waals surface area contributed by atoms with Gasteiger partial charge in [-0.25, -0.2) is 0 Å². The average molecular weight is 240 g/mol. The maximum Gasteiger partial charge on any atom is 0.0753 e. The first kappa shape index (κ1) is 13.3. The minimum atomic E-state index is 0.000334. The Labute approximate surface area is 106 Å². The van der Waals surface area contributed by atoms with Crippen LogP contribution in [0.1, 0.15) is 46.0 Å². The van der Waals surface area contributed by atoms with Crippen LogP contribution in [-0.2, 0) is 4.74 Å². The quantitative estimate of drug-likeness (QED) is 0.820. The van der Waals surface area contributed by atoms with Crippen molar-refractivity contribution in [1.82, 2.24) is 4.90 Å². The van der Waals surface area contributed by atoms with Crippen LogP contribution in [0.3, 0.4) is 0 Å². The molecule has 1 saturated heterocycles. The molecule has 0 amide bonds. The van der Waals surface area contributed by atoms with Crippen LogP contribution >= 0.6 is 0 Å². The normalized spacial score (nSPS) is 29.1. The summed E-state index contributed by atoms with van der Waals surface area (Å²) in [5.74, 6) is 0.822. The molecule has 2 N–H and O–H groups in total. The molecule has 100 valence electrons. The predicted molar refractivity (Wildman–Crippen MR) is 71.0 cm³/mol. The lowest BCUT2D eigenvalue weighted by Crippen LogP contribution is -2.56. The van der Waals surface area contributed by atoms with Crippen molar-refractivity contribution in [1.29, 1.82) is 0 Å². The van der Waals surface area contributed by atoms with Crippen molar-refractivity contribution in [2.45, 2.75) is 57.6 Å². The number of nitrogens with two attached hydrogens (primary N) is 1. The Morgan fingerprint density at radius 1 is 1.29 bits per heavy atom. The van der Waals surface area contributed by atoms with E-state index in [1.807, 2.05) is 0 Å². The summed E-state index contributed by atoms with van der Waals surface area (Å²) in [5, 5.41) is 0. The largest absolute Gasteiger partial charge is 0.373 e. The molecular weight excluding hydrogens is 212 g/mol. The maximum absolute atomic E-state index is 6.04. The Morgan fingerprint density at radius 2 is 2.00 bits per heavy atom. The molecule has 3 heteroatoms. The summed E-state index contributed by atoms with van der Waals surface area (Å²) in [5.41, 5.74) is 6.04. The first-order valence-electron chi connectivity index (χ1n) is 7.20. The minimum absolute atomic E-state index is 0.000334. The van der Waals surface area contributed by atoms with Gasteiger partial charge in [0, 0.05) is 25.7 Å². The third kappa shape index (κ3) is 3.43. The zero-order valence-electron chi connectivity index (χ0n) is 11.5. The molecule has 3 nitrogen and oxygen atoms in total. The highest BCUT2D eigenvalue weighted by Gasteiger charge is 2.34. The highest BCUT2D eigenvalue weighted by molar-refractivity contribution is 4.88. The molecule has 1 saturated carbocycles. The van der Waals surface area contributed by atoms with Crippen molar-refractivity contribution in [3.05, 3.63) is 0 Å². The third-order valence-corrected chi connectivity index (χ3v) is 4.36. The second-order valence-electron chi connectivity index (χ2n) is 6.28. The summed E-state index contributed by atoms with van der Waals surface area (Å²) in [7, 11) is 0. The van der Waals surface area contributed by atoms with E-state index in [1.54, 1.807) is 0 Å². The van der Waals surface area contributed by atoms with E-state index >= 15 is 0 Å². The van der Waals surface area contributed by atoms with Crippen molar-refractivity contribution < 1.29 is 4.74 Å². The number of hydrogen-bond acceptors (Lipinski definition) is 3. The van der Waals surface area contributed by atoms with Crippen LogP contribution in [0.25, 0.3) is 0 Å². The van der Waals surface area contributed by atoms with Crippen LogP contribution in [-0.4, -0.2) is 42.8 Å². The van der Waals surface area contributed by atoms with Gasteiger partial charge < -0.3 is 10.5 Å². The van der Waals surface area contributed by atoms with E-state index in [9.17, 15) is 0 Å². The fraction of sp³-hybridized carbons (Fsp3) is 1.00. The monoisotopic (exact) mass is 240 g/mol. The molecule has 0 bridgehead atoms. The first-order valence-corrected chi connectivity index (χ1v) is 7.20. The molecule has 0 aromatic carbocycles. The molecule has 0 radical (unpaired) electrons. The smallest absolute Gasteiger partial charge is 0.0753 e. The molecule has 2 rings (SSSR count). The van der Waals surface area contributed by atoms with Gasteiger partial charge in [-0.3, -0.25) is 4.90 Å². The van der Waals surface area contributed by atoms with Crippen molar-refractivity contribution >= 4 is 0 Å². The lowest BCUT2D eigenvalue weighted by atomic mass is 9.82. The van der Waals surface area contributed by atoms with Gasteiger partial charge in [-0.1, -0.05) is 19.3 Å². The number of hydrogen-bond donors (Lipinski definition) is 1. The van der Waals surface area contributed by atoms with E-state index in [2.05, 4.69) is 18.7 Å². The van der Waals surface area contributed by atoms with Crippen molar-refractivity contribution in [2.75, 3.05) is 26.2 Å². The van der Waals surface area contributed by atoms with Gasteiger partial charge in [-0.15, -0.1) is 0 Å². The molecule has 1 unspecified atom stereocenters. The van der Waals surface area contributed by atoms with Gasteiger partial charge in [-0.2, -0.15) is 0 Å². The van der Waals surface area contributed by atoms with Gasteiger partial charge in [0.2, 0.25) is 0 Å². The van der Waals surface area contributed by atoms with Crippen LogP contribution in [0.2, 0.25) is 0 Å². The summed E-state index contributed by atoms with van der Waals surface area (Å²) in [6.45, 7) is 8.13. The van der Waals surface area contributed by atoms with E-state index < -0.39 is 0 Å². The zero-order chi connectivity index (χ0) is 12.3. The van der Waals surface area contributed by atoms with Crippen LogP contribution < -0.4 is 5.73 Å². The maximum atomic E-state index is 6.04. The SMILES string of the molecule is CC1(C)CN(C(CN)C2CCCCC2)CCO1. The second kappa shape index (κ2) is 5.68. The van der Waals surface area contributed by atoms with E-state index in [-0.39, 0.29) is 5.60 Å². The minimum Gasteiger partial charge on any atom is -0.373 e. The Kier molecular flexibility index (Phi) is 4.45.